The highest BCUT2D eigenvalue weighted by Crippen LogP contribution is 2.36. The summed E-state index contributed by atoms with van der Waals surface area (Å²) in [6.45, 7) is -0.133. The lowest BCUT2D eigenvalue weighted by molar-refractivity contribution is -0.138. The molecule has 0 aliphatic rings. The van der Waals surface area contributed by atoms with Gasteiger partial charge >= 0.3 is 6.18 Å². The average molecular weight is 376 g/mol. The van der Waals surface area contributed by atoms with Crippen LogP contribution in [0, 0.1) is 0 Å². The van der Waals surface area contributed by atoms with E-state index >= 15 is 0 Å². The topological polar surface area (TPSA) is 66.4 Å². The van der Waals surface area contributed by atoms with Crippen molar-refractivity contribution in [2.45, 2.75) is 19.0 Å². The Bertz CT molecular complexity index is 561. The van der Waals surface area contributed by atoms with Crippen molar-refractivity contribution in [3.8, 4) is 0 Å². The quantitative estimate of drug-likeness (QED) is 0.751. The molecule has 0 heterocycles. The Morgan fingerprint density at radius 1 is 1.25 bits per heavy atom. The summed E-state index contributed by atoms with van der Waals surface area (Å²) >= 11 is 2.77. The van der Waals surface area contributed by atoms with E-state index < -0.39 is 21.8 Å². The first-order valence-electron chi connectivity index (χ1n) is 5.64. The summed E-state index contributed by atoms with van der Waals surface area (Å²) in [5.74, 6) is -0.259. The van der Waals surface area contributed by atoms with Crippen LogP contribution in [-0.4, -0.2) is 25.9 Å². The number of rotatable bonds is 6. The Kier molecular flexibility index (Phi) is 5.84. The van der Waals surface area contributed by atoms with Gasteiger partial charge < -0.3 is 5.11 Å². The van der Waals surface area contributed by atoms with Crippen LogP contribution in [0.25, 0.3) is 0 Å². The second-order valence-electron chi connectivity index (χ2n) is 4.04. The normalized spacial score (nSPS) is 12.4. The van der Waals surface area contributed by atoms with E-state index in [1.165, 1.54) is 6.07 Å². The van der Waals surface area contributed by atoms with Crippen molar-refractivity contribution in [2.24, 2.45) is 0 Å². The zero-order valence-corrected chi connectivity index (χ0v) is 12.6. The van der Waals surface area contributed by atoms with Crippen molar-refractivity contribution in [1.29, 1.82) is 0 Å². The highest BCUT2D eigenvalue weighted by Gasteiger charge is 2.33. The summed E-state index contributed by atoms with van der Waals surface area (Å²) in [6.07, 6.45) is -4.03. The lowest BCUT2D eigenvalue weighted by Crippen LogP contribution is -2.17. The van der Waals surface area contributed by atoms with E-state index in [2.05, 4.69) is 20.7 Å². The van der Waals surface area contributed by atoms with Crippen LogP contribution in [0.1, 0.15) is 18.4 Å². The lowest BCUT2D eigenvalue weighted by atomic mass is 10.2. The molecule has 4 nitrogen and oxygen atoms in total. The van der Waals surface area contributed by atoms with Crippen LogP contribution < -0.4 is 4.72 Å². The van der Waals surface area contributed by atoms with E-state index in [4.69, 9.17) is 5.11 Å². The lowest BCUT2D eigenvalue weighted by Gasteiger charge is -2.12. The number of sulfonamides is 1. The summed E-state index contributed by atoms with van der Waals surface area (Å²) in [7, 11) is -3.73. The molecule has 0 aliphatic heterocycles. The van der Waals surface area contributed by atoms with Crippen LogP contribution in [-0.2, 0) is 16.2 Å². The minimum Gasteiger partial charge on any atom is -0.396 e. The average Bonchev–Trinajstić information content (AvgIpc) is 2.30. The van der Waals surface area contributed by atoms with Gasteiger partial charge in [0.05, 0.1) is 11.3 Å². The first-order chi connectivity index (χ1) is 9.15. The Morgan fingerprint density at radius 3 is 2.45 bits per heavy atom. The standard InChI is InChI=1S/C11H13BrF3NO3S/c12-10-4-3-8(7-9(10)11(13,14)15)16-20(18,19)6-2-1-5-17/h3-4,7,16-17H,1-2,5-6H2. The van der Waals surface area contributed by atoms with E-state index in [0.29, 0.717) is 6.42 Å². The molecule has 2 N–H and O–H groups in total. The van der Waals surface area contributed by atoms with E-state index in [1.54, 1.807) is 0 Å². The van der Waals surface area contributed by atoms with Crippen LogP contribution in [0.4, 0.5) is 18.9 Å². The maximum atomic E-state index is 12.7. The molecule has 114 valence electrons. The molecular formula is C11H13BrF3NO3S. The first kappa shape index (κ1) is 17.3. The smallest absolute Gasteiger partial charge is 0.396 e. The minimum atomic E-state index is -4.57. The Hall–Kier alpha value is -0.800. The summed E-state index contributed by atoms with van der Waals surface area (Å²) < 4.78 is 63.2. The second kappa shape index (κ2) is 6.77. The van der Waals surface area contributed by atoms with Gasteiger partial charge in [0.2, 0.25) is 10.0 Å². The van der Waals surface area contributed by atoms with E-state index in [9.17, 15) is 21.6 Å². The van der Waals surface area contributed by atoms with Gasteiger partial charge in [-0.3, -0.25) is 4.72 Å². The number of anilines is 1. The number of benzene rings is 1. The number of aliphatic hydroxyl groups excluding tert-OH is 1. The van der Waals surface area contributed by atoms with Crippen LogP contribution in [0.15, 0.2) is 22.7 Å². The van der Waals surface area contributed by atoms with Gasteiger partial charge in [0.1, 0.15) is 0 Å². The van der Waals surface area contributed by atoms with E-state index in [-0.39, 0.29) is 28.9 Å². The molecule has 1 aromatic rings. The molecule has 1 rings (SSSR count). The third kappa shape index (κ3) is 5.29. The third-order valence-corrected chi connectivity index (χ3v) is 4.43. The van der Waals surface area contributed by atoms with Gasteiger partial charge in [0.15, 0.2) is 0 Å². The monoisotopic (exact) mass is 375 g/mol. The number of aliphatic hydroxyl groups is 1. The molecule has 20 heavy (non-hydrogen) atoms. The molecule has 0 spiro atoms. The van der Waals surface area contributed by atoms with Crippen LogP contribution >= 0.6 is 15.9 Å². The fourth-order valence-corrected chi connectivity index (χ4v) is 3.08. The largest absolute Gasteiger partial charge is 0.417 e. The fraction of sp³-hybridized carbons (Fsp3) is 0.455. The number of nitrogens with one attached hydrogen (secondary N) is 1. The summed E-state index contributed by atoms with van der Waals surface area (Å²) in [5.41, 5.74) is -1.10. The number of hydrogen-bond acceptors (Lipinski definition) is 3. The molecule has 0 saturated carbocycles. The molecule has 0 aliphatic carbocycles. The van der Waals surface area contributed by atoms with Crippen molar-refractivity contribution in [2.75, 3.05) is 17.1 Å². The van der Waals surface area contributed by atoms with Gasteiger partial charge in [-0.15, -0.1) is 0 Å². The number of halogens is 4. The molecule has 0 saturated heterocycles. The Balaban J connectivity index is 2.88. The van der Waals surface area contributed by atoms with Crippen LogP contribution in [0.3, 0.4) is 0 Å². The van der Waals surface area contributed by atoms with Gasteiger partial charge in [-0.05, 0) is 31.0 Å². The molecule has 0 aromatic heterocycles. The molecule has 1 aromatic carbocycles. The van der Waals surface area contributed by atoms with Gasteiger partial charge in [0.25, 0.3) is 0 Å². The summed E-state index contributed by atoms with van der Waals surface area (Å²) in [5, 5.41) is 8.56. The number of unbranched alkanes of at least 4 members (excludes halogenated alkanes) is 1. The molecule has 0 unspecified atom stereocenters. The van der Waals surface area contributed by atoms with Crippen LogP contribution in [0.5, 0.6) is 0 Å². The van der Waals surface area contributed by atoms with E-state index in [1.807, 2.05) is 0 Å². The second-order valence-corrected chi connectivity index (χ2v) is 6.74. The summed E-state index contributed by atoms with van der Waals surface area (Å²) in [4.78, 5) is 0. The molecule has 9 heteroatoms. The fourth-order valence-electron chi connectivity index (χ4n) is 1.44. The highest BCUT2D eigenvalue weighted by atomic mass is 79.9. The van der Waals surface area contributed by atoms with Crippen LogP contribution in [0.2, 0.25) is 0 Å². The maximum absolute atomic E-state index is 12.7. The third-order valence-electron chi connectivity index (χ3n) is 2.37. The van der Waals surface area contributed by atoms with Gasteiger partial charge in [-0.2, -0.15) is 13.2 Å². The zero-order valence-electron chi connectivity index (χ0n) is 10.2. The molecule has 0 radical (unpaired) electrons. The van der Waals surface area contributed by atoms with Gasteiger partial charge in [0, 0.05) is 16.8 Å². The van der Waals surface area contributed by atoms with Gasteiger partial charge in [-0.1, -0.05) is 15.9 Å². The molecule has 0 atom stereocenters. The number of alkyl halides is 3. The predicted octanol–water partition coefficient (Wildman–Crippen LogP) is 2.98. The molecular weight excluding hydrogens is 363 g/mol. The maximum Gasteiger partial charge on any atom is 0.417 e. The van der Waals surface area contributed by atoms with Crippen molar-refractivity contribution in [1.82, 2.24) is 0 Å². The number of hydrogen-bond donors (Lipinski definition) is 2. The first-order valence-corrected chi connectivity index (χ1v) is 8.08. The Labute approximate surface area is 123 Å². The van der Waals surface area contributed by atoms with Gasteiger partial charge in [-0.25, -0.2) is 8.42 Å². The SMILES string of the molecule is O=S(=O)(CCCCO)Nc1ccc(Br)c(C(F)(F)F)c1. The Morgan fingerprint density at radius 2 is 1.90 bits per heavy atom. The van der Waals surface area contributed by atoms with Crippen molar-refractivity contribution >= 4 is 31.6 Å². The molecule has 0 bridgehead atoms. The van der Waals surface area contributed by atoms with Crippen molar-refractivity contribution < 1.29 is 26.7 Å². The molecule has 0 amide bonds. The predicted molar refractivity (Wildman–Crippen MR) is 72.9 cm³/mol. The van der Waals surface area contributed by atoms with E-state index in [0.717, 1.165) is 12.1 Å². The zero-order chi connectivity index (χ0) is 15.4. The molecule has 0 fully saturated rings. The van der Waals surface area contributed by atoms with Crippen molar-refractivity contribution in [3.63, 3.8) is 0 Å². The highest BCUT2D eigenvalue weighted by molar-refractivity contribution is 9.10. The minimum absolute atomic E-state index is 0.133. The summed E-state index contributed by atoms with van der Waals surface area (Å²) in [6, 6.07) is 3.10. The van der Waals surface area contributed by atoms with Crippen molar-refractivity contribution in [3.05, 3.63) is 28.2 Å².